The van der Waals surface area contributed by atoms with Gasteiger partial charge in [0.15, 0.2) is 0 Å². The lowest BCUT2D eigenvalue weighted by Gasteiger charge is -2.31. The van der Waals surface area contributed by atoms with E-state index in [1.54, 1.807) is 29.2 Å². The van der Waals surface area contributed by atoms with E-state index in [9.17, 15) is 9.59 Å². The van der Waals surface area contributed by atoms with Crippen LogP contribution in [0.1, 0.15) is 34.1 Å². The Kier molecular flexibility index (Phi) is 8.67. The average Bonchev–Trinajstić information content (AvgIpc) is 3.58. The summed E-state index contributed by atoms with van der Waals surface area (Å²) in [5, 5.41) is 7.28. The van der Waals surface area contributed by atoms with Gasteiger partial charge in [0.2, 0.25) is 0 Å². The van der Waals surface area contributed by atoms with Gasteiger partial charge in [-0.3, -0.25) is 14.5 Å². The van der Waals surface area contributed by atoms with Crippen LogP contribution in [0.3, 0.4) is 0 Å². The SMILES string of the molecule is Cn1cccc1C1=NN(C(=O)CN(CCN2CCOCC2)C(=O)c2ccccc2Cl)[C@H](c2ccc(Cl)cc2)C1. The molecule has 0 bridgehead atoms. The summed E-state index contributed by atoms with van der Waals surface area (Å²) < 4.78 is 7.44. The summed E-state index contributed by atoms with van der Waals surface area (Å²) in [6, 6.07) is 18.0. The average molecular weight is 569 g/mol. The molecule has 2 aliphatic rings. The highest BCUT2D eigenvalue weighted by atomic mass is 35.5. The van der Waals surface area contributed by atoms with Gasteiger partial charge in [-0.15, -0.1) is 0 Å². The molecule has 2 aromatic carbocycles. The lowest BCUT2D eigenvalue weighted by atomic mass is 10.0. The van der Waals surface area contributed by atoms with Crippen molar-refractivity contribution >= 4 is 40.7 Å². The first kappa shape index (κ1) is 27.4. The summed E-state index contributed by atoms with van der Waals surface area (Å²) in [5.74, 6) is -0.544. The van der Waals surface area contributed by atoms with Crippen LogP contribution in [-0.2, 0) is 16.6 Å². The molecule has 0 aliphatic carbocycles. The molecule has 1 fully saturated rings. The van der Waals surface area contributed by atoms with Crippen molar-refractivity contribution in [1.82, 2.24) is 19.4 Å². The van der Waals surface area contributed by atoms with E-state index in [-0.39, 0.29) is 24.4 Å². The molecule has 0 radical (unpaired) electrons. The third-order valence-electron chi connectivity index (χ3n) is 7.17. The van der Waals surface area contributed by atoms with E-state index in [1.165, 1.54) is 5.01 Å². The zero-order valence-corrected chi connectivity index (χ0v) is 23.3. The van der Waals surface area contributed by atoms with E-state index in [2.05, 4.69) is 4.90 Å². The molecule has 0 spiro atoms. The second kappa shape index (κ2) is 12.3. The minimum atomic E-state index is -0.309. The number of hydrogen-bond donors (Lipinski definition) is 0. The standard InChI is InChI=1S/C29H31Cl2N5O3/c1-33-12-4-7-26(33)25-19-27(21-8-10-22(30)11-9-21)36(32-25)28(37)20-35(14-13-34-15-17-39-18-16-34)29(38)23-5-2-3-6-24(23)31/h2-12,27H,13-20H2,1H3/t27-/m0/s1. The number of rotatable bonds is 8. The zero-order chi connectivity index (χ0) is 27.4. The number of benzene rings is 2. The Labute approximate surface area is 238 Å². The number of hydrogen-bond acceptors (Lipinski definition) is 5. The molecular formula is C29H31Cl2N5O3. The molecule has 1 atom stereocenters. The summed E-state index contributed by atoms with van der Waals surface area (Å²) in [6.07, 6.45) is 2.51. The van der Waals surface area contributed by atoms with Crippen molar-refractivity contribution in [3.8, 4) is 0 Å². The molecule has 1 aromatic heterocycles. The quantitative estimate of drug-likeness (QED) is 0.402. The molecule has 39 heavy (non-hydrogen) atoms. The van der Waals surface area contributed by atoms with Crippen LogP contribution in [0, 0.1) is 0 Å². The monoisotopic (exact) mass is 567 g/mol. The van der Waals surface area contributed by atoms with Gasteiger partial charge in [-0.25, -0.2) is 5.01 Å². The highest BCUT2D eigenvalue weighted by Gasteiger charge is 2.35. The summed E-state index contributed by atoms with van der Waals surface area (Å²) in [5.41, 5.74) is 3.06. The van der Waals surface area contributed by atoms with Crippen LogP contribution in [-0.4, -0.2) is 82.8 Å². The number of morpholine rings is 1. The fourth-order valence-electron chi connectivity index (χ4n) is 4.98. The van der Waals surface area contributed by atoms with Crippen LogP contribution in [0.15, 0.2) is 72.0 Å². The van der Waals surface area contributed by atoms with Crippen molar-refractivity contribution in [2.75, 3.05) is 45.9 Å². The third-order valence-corrected chi connectivity index (χ3v) is 7.75. The molecule has 3 heterocycles. The van der Waals surface area contributed by atoms with Gasteiger partial charge in [0.1, 0.15) is 6.54 Å². The Morgan fingerprint density at radius 2 is 1.77 bits per heavy atom. The van der Waals surface area contributed by atoms with Crippen LogP contribution in [0.25, 0.3) is 0 Å². The minimum Gasteiger partial charge on any atom is -0.379 e. The number of carbonyl (C=O) groups excluding carboxylic acids is 2. The third kappa shape index (κ3) is 6.36. The molecule has 0 saturated carbocycles. The number of halogens is 2. The fraction of sp³-hybridized carbons (Fsp3) is 0.345. The van der Waals surface area contributed by atoms with Crippen molar-refractivity contribution in [1.29, 1.82) is 0 Å². The molecule has 2 aliphatic heterocycles. The molecule has 1 saturated heterocycles. The summed E-state index contributed by atoms with van der Waals surface area (Å²) in [6.45, 7) is 3.78. The smallest absolute Gasteiger partial charge is 0.262 e. The largest absolute Gasteiger partial charge is 0.379 e. The Balaban J connectivity index is 1.41. The van der Waals surface area contributed by atoms with Gasteiger partial charge in [-0.2, -0.15) is 5.10 Å². The molecule has 5 rings (SSSR count). The predicted molar refractivity (Wildman–Crippen MR) is 152 cm³/mol. The van der Waals surface area contributed by atoms with Crippen LogP contribution in [0.5, 0.6) is 0 Å². The van der Waals surface area contributed by atoms with Gasteiger partial charge in [0.05, 0.1) is 41.2 Å². The molecule has 0 unspecified atom stereocenters. The van der Waals surface area contributed by atoms with Crippen molar-refractivity contribution in [2.45, 2.75) is 12.5 Å². The maximum absolute atomic E-state index is 13.9. The van der Waals surface area contributed by atoms with Crippen LogP contribution >= 0.6 is 23.2 Å². The minimum absolute atomic E-state index is 0.123. The van der Waals surface area contributed by atoms with E-state index >= 15 is 0 Å². The highest BCUT2D eigenvalue weighted by Crippen LogP contribution is 2.33. The van der Waals surface area contributed by atoms with Crippen LogP contribution in [0.4, 0.5) is 0 Å². The van der Waals surface area contributed by atoms with Crippen molar-refractivity contribution in [3.63, 3.8) is 0 Å². The number of amides is 2. The van der Waals surface area contributed by atoms with Crippen LogP contribution in [0.2, 0.25) is 10.0 Å². The van der Waals surface area contributed by atoms with Gasteiger partial charge >= 0.3 is 0 Å². The lowest BCUT2D eigenvalue weighted by Crippen LogP contribution is -2.46. The Morgan fingerprint density at radius 1 is 1.03 bits per heavy atom. The van der Waals surface area contributed by atoms with E-state index in [1.807, 2.05) is 54.2 Å². The van der Waals surface area contributed by atoms with Gasteiger partial charge in [0, 0.05) is 50.9 Å². The number of aromatic nitrogens is 1. The normalized spacial score (nSPS) is 17.8. The molecule has 2 amide bonds. The van der Waals surface area contributed by atoms with Crippen molar-refractivity contribution in [2.24, 2.45) is 12.1 Å². The Bertz CT molecular complexity index is 1350. The summed E-state index contributed by atoms with van der Waals surface area (Å²) in [4.78, 5) is 31.4. The highest BCUT2D eigenvalue weighted by molar-refractivity contribution is 6.33. The molecule has 0 N–H and O–H groups in total. The second-order valence-electron chi connectivity index (χ2n) is 9.72. The molecular weight excluding hydrogens is 537 g/mol. The van der Waals surface area contributed by atoms with Crippen molar-refractivity contribution in [3.05, 3.63) is 93.7 Å². The first-order chi connectivity index (χ1) is 18.9. The Morgan fingerprint density at radius 3 is 2.46 bits per heavy atom. The number of hydrazone groups is 1. The maximum atomic E-state index is 13.9. The van der Waals surface area contributed by atoms with E-state index in [0.29, 0.717) is 48.3 Å². The summed E-state index contributed by atoms with van der Waals surface area (Å²) in [7, 11) is 1.95. The maximum Gasteiger partial charge on any atom is 0.262 e. The van der Waals surface area contributed by atoms with E-state index in [0.717, 1.165) is 30.1 Å². The van der Waals surface area contributed by atoms with Gasteiger partial charge in [-0.05, 0) is 42.0 Å². The van der Waals surface area contributed by atoms with Gasteiger partial charge in [0.25, 0.3) is 11.8 Å². The summed E-state index contributed by atoms with van der Waals surface area (Å²) >= 11 is 12.5. The first-order valence-electron chi connectivity index (χ1n) is 13.0. The Hall–Kier alpha value is -3.17. The topological polar surface area (TPSA) is 70.4 Å². The first-order valence-corrected chi connectivity index (χ1v) is 13.8. The van der Waals surface area contributed by atoms with Gasteiger partial charge < -0.3 is 14.2 Å². The predicted octanol–water partition coefficient (Wildman–Crippen LogP) is 4.48. The lowest BCUT2D eigenvalue weighted by molar-refractivity contribution is -0.133. The molecule has 8 nitrogen and oxygen atoms in total. The number of carbonyl (C=O) groups is 2. The zero-order valence-electron chi connectivity index (χ0n) is 21.8. The van der Waals surface area contributed by atoms with Crippen LogP contribution < -0.4 is 0 Å². The molecule has 3 aromatic rings. The number of aryl methyl sites for hydroxylation is 1. The molecule has 204 valence electrons. The number of ether oxygens (including phenoxy) is 1. The van der Waals surface area contributed by atoms with Gasteiger partial charge in [-0.1, -0.05) is 47.5 Å². The van der Waals surface area contributed by atoms with E-state index < -0.39 is 0 Å². The fourth-order valence-corrected chi connectivity index (χ4v) is 5.32. The molecule has 10 heteroatoms. The van der Waals surface area contributed by atoms with Crippen molar-refractivity contribution < 1.29 is 14.3 Å². The van der Waals surface area contributed by atoms with E-state index in [4.69, 9.17) is 33.0 Å². The second-order valence-corrected chi connectivity index (χ2v) is 10.6. The number of nitrogens with zero attached hydrogens (tertiary/aromatic N) is 5.